The van der Waals surface area contributed by atoms with Gasteiger partial charge in [-0.3, -0.25) is 9.69 Å². The van der Waals surface area contributed by atoms with Gasteiger partial charge in [0.1, 0.15) is 5.75 Å². The van der Waals surface area contributed by atoms with Crippen molar-refractivity contribution in [1.29, 1.82) is 0 Å². The highest BCUT2D eigenvalue weighted by molar-refractivity contribution is 5.80. The molecular weight excluding hydrogens is 364 g/mol. The van der Waals surface area contributed by atoms with Crippen molar-refractivity contribution >= 4 is 5.91 Å². The quantitative estimate of drug-likeness (QED) is 0.739. The number of morpholine rings is 1. The van der Waals surface area contributed by atoms with E-state index in [0.717, 1.165) is 49.7 Å². The fourth-order valence-electron chi connectivity index (χ4n) is 3.42. The zero-order valence-corrected chi connectivity index (χ0v) is 17.7. The summed E-state index contributed by atoms with van der Waals surface area (Å²) >= 11 is 0. The Morgan fingerprint density at radius 3 is 2.38 bits per heavy atom. The van der Waals surface area contributed by atoms with E-state index in [2.05, 4.69) is 48.3 Å². The van der Waals surface area contributed by atoms with E-state index in [1.807, 2.05) is 24.3 Å². The summed E-state index contributed by atoms with van der Waals surface area (Å²) in [5.74, 6) is 1.01. The van der Waals surface area contributed by atoms with E-state index < -0.39 is 6.10 Å². The number of para-hydroxylation sites is 1. The lowest BCUT2D eigenvalue weighted by molar-refractivity contribution is -0.127. The number of hydrogen-bond acceptors (Lipinski definition) is 4. The molecule has 1 N–H and O–H groups in total. The fraction of sp³-hybridized carbons (Fsp3) is 0.458. The van der Waals surface area contributed by atoms with Gasteiger partial charge in [0.05, 0.1) is 13.2 Å². The average Bonchev–Trinajstić information content (AvgIpc) is 2.74. The monoisotopic (exact) mass is 396 g/mol. The molecule has 1 fully saturated rings. The molecular formula is C24H32N2O3. The fourth-order valence-corrected chi connectivity index (χ4v) is 3.42. The second kappa shape index (κ2) is 10.4. The molecule has 5 heteroatoms. The first-order valence-corrected chi connectivity index (χ1v) is 10.4. The maximum Gasteiger partial charge on any atom is 0.261 e. The number of nitrogens with zero attached hydrogens (tertiary/aromatic N) is 1. The molecule has 1 unspecified atom stereocenters. The van der Waals surface area contributed by atoms with Crippen LogP contribution in [0.1, 0.15) is 43.4 Å². The van der Waals surface area contributed by atoms with Gasteiger partial charge < -0.3 is 14.8 Å². The van der Waals surface area contributed by atoms with Crippen LogP contribution in [-0.4, -0.2) is 43.2 Å². The summed E-state index contributed by atoms with van der Waals surface area (Å²) < 4.78 is 11.3. The van der Waals surface area contributed by atoms with Gasteiger partial charge in [0.2, 0.25) is 0 Å². The highest BCUT2D eigenvalue weighted by Crippen LogP contribution is 2.26. The lowest BCUT2D eigenvalue weighted by Gasteiger charge is -2.26. The van der Waals surface area contributed by atoms with Gasteiger partial charge in [0, 0.05) is 26.2 Å². The van der Waals surface area contributed by atoms with Gasteiger partial charge in [-0.25, -0.2) is 0 Å². The van der Waals surface area contributed by atoms with Crippen LogP contribution in [0.25, 0.3) is 0 Å². The van der Waals surface area contributed by atoms with Gasteiger partial charge in [-0.15, -0.1) is 0 Å². The average molecular weight is 397 g/mol. The number of carbonyl (C=O) groups is 1. The lowest BCUT2D eigenvalue weighted by atomic mass is 10.0. The first-order chi connectivity index (χ1) is 14.0. The third kappa shape index (κ3) is 6.31. The van der Waals surface area contributed by atoms with Crippen LogP contribution < -0.4 is 10.1 Å². The zero-order chi connectivity index (χ0) is 20.6. The summed E-state index contributed by atoms with van der Waals surface area (Å²) in [6, 6.07) is 16.3. The molecule has 0 aromatic heterocycles. The van der Waals surface area contributed by atoms with Crippen molar-refractivity contribution in [3.63, 3.8) is 0 Å². The second-order valence-electron chi connectivity index (χ2n) is 7.88. The number of ether oxygens (including phenoxy) is 2. The minimum absolute atomic E-state index is 0.110. The minimum Gasteiger partial charge on any atom is -0.481 e. The van der Waals surface area contributed by atoms with Crippen molar-refractivity contribution < 1.29 is 14.3 Å². The first-order valence-electron chi connectivity index (χ1n) is 10.4. The standard InChI is InChI=1S/C24H32N2O3/c1-18(2)22-6-4-5-7-23(22)29-19(3)24(27)25-16-20-8-10-21(11-9-20)17-26-12-14-28-15-13-26/h4-11,18-19H,12-17H2,1-3H3,(H,25,27). The Balaban J connectivity index is 1.48. The number of amides is 1. The van der Waals surface area contributed by atoms with Crippen LogP contribution in [0.15, 0.2) is 48.5 Å². The molecule has 1 atom stereocenters. The molecule has 2 aromatic carbocycles. The molecule has 1 heterocycles. The first kappa shape index (κ1) is 21.3. The van der Waals surface area contributed by atoms with Crippen molar-refractivity contribution in [2.75, 3.05) is 26.3 Å². The number of carbonyl (C=O) groups excluding carboxylic acids is 1. The highest BCUT2D eigenvalue weighted by atomic mass is 16.5. The van der Waals surface area contributed by atoms with Crippen molar-refractivity contribution in [1.82, 2.24) is 10.2 Å². The lowest BCUT2D eigenvalue weighted by Crippen LogP contribution is -2.36. The normalized spacial score (nSPS) is 15.9. The molecule has 0 bridgehead atoms. The highest BCUT2D eigenvalue weighted by Gasteiger charge is 2.17. The van der Waals surface area contributed by atoms with Gasteiger partial charge in [-0.05, 0) is 35.6 Å². The summed E-state index contributed by atoms with van der Waals surface area (Å²) in [5.41, 5.74) is 3.48. The maximum atomic E-state index is 12.5. The molecule has 29 heavy (non-hydrogen) atoms. The molecule has 156 valence electrons. The Bertz CT molecular complexity index is 783. The Hall–Kier alpha value is -2.37. The van der Waals surface area contributed by atoms with E-state index in [9.17, 15) is 4.79 Å². The maximum absolute atomic E-state index is 12.5. The molecule has 0 saturated carbocycles. The van der Waals surface area contributed by atoms with E-state index >= 15 is 0 Å². The van der Waals surface area contributed by atoms with Crippen molar-refractivity contribution in [3.8, 4) is 5.75 Å². The summed E-state index contributed by atoms with van der Waals surface area (Å²) in [7, 11) is 0. The number of benzene rings is 2. The summed E-state index contributed by atoms with van der Waals surface area (Å²) in [5, 5.41) is 2.98. The summed E-state index contributed by atoms with van der Waals surface area (Å²) in [4.78, 5) is 14.9. The van der Waals surface area contributed by atoms with Crippen LogP contribution >= 0.6 is 0 Å². The van der Waals surface area contributed by atoms with Gasteiger partial charge in [-0.2, -0.15) is 0 Å². The molecule has 1 aliphatic rings. The molecule has 1 aliphatic heterocycles. The number of nitrogens with one attached hydrogen (secondary N) is 1. The van der Waals surface area contributed by atoms with Gasteiger partial charge in [0.15, 0.2) is 6.10 Å². The van der Waals surface area contributed by atoms with E-state index in [1.54, 1.807) is 6.92 Å². The molecule has 0 aliphatic carbocycles. The molecule has 3 rings (SSSR count). The molecule has 1 saturated heterocycles. The predicted octanol–water partition coefficient (Wildman–Crippen LogP) is 3.73. The molecule has 2 aromatic rings. The van der Waals surface area contributed by atoms with E-state index in [0.29, 0.717) is 12.5 Å². The van der Waals surface area contributed by atoms with Crippen LogP contribution in [-0.2, 0) is 22.6 Å². The molecule has 5 nitrogen and oxygen atoms in total. The Labute approximate surface area is 174 Å². The largest absolute Gasteiger partial charge is 0.481 e. The third-order valence-corrected chi connectivity index (χ3v) is 5.21. The molecule has 1 amide bonds. The summed E-state index contributed by atoms with van der Waals surface area (Å²) in [6.45, 7) is 11.1. The van der Waals surface area contributed by atoms with Crippen LogP contribution in [0.3, 0.4) is 0 Å². The second-order valence-corrected chi connectivity index (χ2v) is 7.88. The third-order valence-electron chi connectivity index (χ3n) is 5.21. The van der Waals surface area contributed by atoms with Crippen LogP contribution in [0.5, 0.6) is 5.75 Å². The molecule has 0 spiro atoms. The van der Waals surface area contributed by atoms with E-state index in [1.165, 1.54) is 5.56 Å². The number of hydrogen-bond donors (Lipinski definition) is 1. The number of rotatable bonds is 8. The minimum atomic E-state index is -0.546. The van der Waals surface area contributed by atoms with E-state index in [4.69, 9.17) is 9.47 Å². The Morgan fingerprint density at radius 2 is 1.69 bits per heavy atom. The van der Waals surface area contributed by atoms with Gasteiger partial charge >= 0.3 is 0 Å². The van der Waals surface area contributed by atoms with Crippen LogP contribution in [0.2, 0.25) is 0 Å². The van der Waals surface area contributed by atoms with Crippen molar-refractivity contribution in [2.24, 2.45) is 0 Å². The van der Waals surface area contributed by atoms with Crippen molar-refractivity contribution in [2.45, 2.75) is 45.9 Å². The Morgan fingerprint density at radius 1 is 1.03 bits per heavy atom. The van der Waals surface area contributed by atoms with Gasteiger partial charge in [-0.1, -0.05) is 56.3 Å². The predicted molar refractivity (Wildman–Crippen MR) is 115 cm³/mol. The topological polar surface area (TPSA) is 50.8 Å². The van der Waals surface area contributed by atoms with E-state index in [-0.39, 0.29) is 5.91 Å². The van der Waals surface area contributed by atoms with Crippen LogP contribution in [0.4, 0.5) is 0 Å². The van der Waals surface area contributed by atoms with Crippen LogP contribution in [0, 0.1) is 0 Å². The zero-order valence-electron chi connectivity index (χ0n) is 17.7. The SMILES string of the molecule is CC(Oc1ccccc1C(C)C)C(=O)NCc1ccc(CN2CCOCC2)cc1. The Kier molecular flexibility index (Phi) is 7.67. The molecule has 0 radical (unpaired) electrons. The summed E-state index contributed by atoms with van der Waals surface area (Å²) in [6.07, 6.45) is -0.546. The van der Waals surface area contributed by atoms with Gasteiger partial charge in [0.25, 0.3) is 5.91 Å². The van der Waals surface area contributed by atoms with Crippen molar-refractivity contribution in [3.05, 3.63) is 65.2 Å². The smallest absolute Gasteiger partial charge is 0.261 e.